The van der Waals surface area contributed by atoms with Crippen molar-refractivity contribution in [3.8, 4) is 0 Å². The highest BCUT2D eigenvalue weighted by Crippen LogP contribution is 1.94. The average molecular weight is 215 g/mol. The standard InChI is InChI=1S/C7H9N3O5/c11-2-4(12)6(14)9-3-1-8-7(15)10-5(3)13/h1,4,11-12H,2H2,(H,9,14)(H2,8,10,13,15)/t4-/m1/s1. The molecule has 15 heavy (non-hydrogen) atoms. The highest BCUT2D eigenvalue weighted by Gasteiger charge is 2.14. The highest BCUT2D eigenvalue weighted by molar-refractivity contribution is 5.93. The van der Waals surface area contributed by atoms with Gasteiger partial charge in [0.15, 0.2) is 6.10 Å². The molecule has 8 heteroatoms. The van der Waals surface area contributed by atoms with Gasteiger partial charge < -0.3 is 20.5 Å². The molecule has 82 valence electrons. The van der Waals surface area contributed by atoms with Crippen molar-refractivity contribution in [3.63, 3.8) is 0 Å². The average Bonchev–Trinajstić information content (AvgIpc) is 2.20. The van der Waals surface area contributed by atoms with Crippen molar-refractivity contribution in [3.05, 3.63) is 27.0 Å². The van der Waals surface area contributed by atoms with Gasteiger partial charge in [-0.15, -0.1) is 0 Å². The number of carbonyl (C=O) groups is 1. The Labute approximate surface area is 82.6 Å². The molecule has 0 unspecified atom stereocenters. The molecule has 1 aromatic heterocycles. The van der Waals surface area contributed by atoms with Crippen LogP contribution < -0.4 is 16.6 Å². The maximum atomic E-state index is 11.1. The molecule has 0 aliphatic heterocycles. The van der Waals surface area contributed by atoms with Crippen molar-refractivity contribution in [2.75, 3.05) is 11.9 Å². The third-order valence-corrected chi connectivity index (χ3v) is 1.55. The van der Waals surface area contributed by atoms with Gasteiger partial charge >= 0.3 is 5.69 Å². The maximum Gasteiger partial charge on any atom is 0.325 e. The number of aliphatic hydroxyl groups excluding tert-OH is 2. The van der Waals surface area contributed by atoms with Crippen LogP contribution in [0.3, 0.4) is 0 Å². The van der Waals surface area contributed by atoms with Gasteiger partial charge in [0.1, 0.15) is 5.69 Å². The van der Waals surface area contributed by atoms with Crippen LogP contribution in [0, 0.1) is 0 Å². The van der Waals surface area contributed by atoms with Crippen molar-refractivity contribution < 1.29 is 15.0 Å². The number of hydrogen-bond acceptors (Lipinski definition) is 5. The molecule has 0 bridgehead atoms. The molecule has 0 aromatic carbocycles. The quantitative estimate of drug-likeness (QED) is 0.375. The Balaban J connectivity index is 2.86. The molecular formula is C7H9N3O5. The molecule has 1 amide bonds. The molecule has 1 heterocycles. The zero-order chi connectivity index (χ0) is 11.4. The number of H-pyrrole nitrogens is 2. The summed E-state index contributed by atoms with van der Waals surface area (Å²) in [6.45, 7) is -0.757. The molecule has 0 saturated heterocycles. The summed E-state index contributed by atoms with van der Waals surface area (Å²) in [4.78, 5) is 36.7. The van der Waals surface area contributed by atoms with Crippen LogP contribution in [0.2, 0.25) is 0 Å². The van der Waals surface area contributed by atoms with Crippen molar-refractivity contribution in [2.24, 2.45) is 0 Å². The smallest absolute Gasteiger partial charge is 0.325 e. The van der Waals surface area contributed by atoms with Gasteiger partial charge in [-0.1, -0.05) is 0 Å². The van der Waals surface area contributed by atoms with Crippen LogP contribution in [0.5, 0.6) is 0 Å². The van der Waals surface area contributed by atoms with Crippen molar-refractivity contribution in [1.82, 2.24) is 9.97 Å². The minimum absolute atomic E-state index is 0.216. The van der Waals surface area contributed by atoms with E-state index in [1.165, 1.54) is 0 Å². The summed E-state index contributed by atoms with van der Waals surface area (Å²) < 4.78 is 0. The first-order valence-electron chi connectivity index (χ1n) is 3.96. The first kappa shape index (κ1) is 11.1. The van der Waals surface area contributed by atoms with Gasteiger partial charge in [0.25, 0.3) is 11.5 Å². The molecule has 0 aliphatic rings. The molecule has 5 N–H and O–H groups in total. The summed E-state index contributed by atoms with van der Waals surface area (Å²) in [5, 5.41) is 19.4. The Kier molecular flexibility index (Phi) is 3.37. The molecule has 1 atom stereocenters. The molecule has 1 rings (SSSR count). The Morgan fingerprint density at radius 2 is 2.20 bits per heavy atom. The second-order valence-electron chi connectivity index (χ2n) is 2.67. The maximum absolute atomic E-state index is 11.1. The van der Waals surface area contributed by atoms with E-state index < -0.39 is 29.9 Å². The molecule has 0 radical (unpaired) electrons. The van der Waals surface area contributed by atoms with E-state index in [0.29, 0.717) is 0 Å². The Bertz CT molecular complexity index is 462. The predicted octanol–water partition coefficient (Wildman–Crippen LogP) is -2.65. The van der Waals surface area contributed by atoms with E-state index in [1.807, 2.05) is 10.3 Å². The van der Waals surface area contributed by atoms with E-state index >= 15 is 0 Å². The van der Waals surface area contributed by atoms with Crippen LogP contribution >= 0.6 is 0 Å². The lowest BCUT2D eigenvalue weighted by molar-refractivity contribution is -0.125. The van der Waals surface area contributed by atoms with Gasteiger partial charge in [0.2, 0.25) is 0 Å². The number of anilines is 1. The number of aliphatic hydroxyl groups is 2. The number of carbonyl (C=O) groups excluding carboxylic acids is 1. The zero-order valence-electron chi connectivity index (χ0n) is 7.48. The number of aromatic nitrogens is 2. The topological polar surface area (TPSA) is 135 Å². The van der Waals surface area contributed by atoms with E-state index in [2.05, 4.69) is 4.98 Å². The predicted molar refractivity (Wildman–Crippen MR) is 49.4 cm³/mol. The molecule has 8 nitrogen and oxygen atoms in total. The van der Waals surface area contributed by atoms with Crippen LogP contribution in [-0.2, 0) is 4.79 Å². The normalized spacial score (nSPS) is 12.1. The number of hydrogen-bond donors (Lipinski definition) is 5. The zero-order valence-corrected chi connectivity index (χ0v) is 7.48. The molecule has 0 aliphatic carbocycles. The number of aromatic amines is 2. The summed E-state index contributed by atoms with van der Waals surface area (Å²) in [6, 6.07) is 0. The molecule has 0 spiro atoms. The monoisotopic (exact) mass is 215 g/mol. The molecular weight excluding hydrogens is 206 g/mol. The lowest BCUT2D eigenvalue weighted by Gasteiger charge is -2.06. The largest absolute Gasteiger partial charge is 0.393 e. The van der Waals surface area contributed by atoms with Gasteiger partial charge in [-0.2, -0.15) is 0 Å². The Morgan fingerprint density at radius 1 is 1.53 bits per heavy atom. The van der Waals surface area contributed by atoms with Gasteiger partial charge in [0.05, 0.1) is 6.61 Å². The summed E-state index contributed by atoms with van der Waals surface area (Å²) >= 11 is 0. The van der Waals surface area contributed by atoms with Gasteiger partial charge in [-0.3, -0.25) is 14.6 Å². The molecule has 0 fully saturated rings. The first-order valence-corrected chi connectivity index (χ1v) is 3.96. The van der Waals surface area contributed by atoms with Gasteiger partial charge in [0, 0.05) is 6.20 Å². The lowest BCUT2D eigenvalue weighted by Crippen LogP contribution is -2.34. The molecule has 0 saturated carbocycles. The van der Waals surface area contributed by atoms with Crippen LogP contribution in [0.25, 0.3) is 0 Å². The first-order chi connectivity index (χ1) is 7.04. The summed E-state index contributed by atoms with van der Waals surface area (Å²) in [5.41, 5.74) is -1.72. The van der Waals surface area contributed by atoms with Gasteiger partial charge in [-0.05, 0) is 0 Å². The van der Waals surface area contributed by atoms with E-state index in [-0.39, 0.29) is 5.69 Å². The molecule has 1 aromatic rings. The van der Waals surface area contributed by atoms with Crippen molar-refractivity contribution >= 4 is 11.6 Å². The van der Waals surface area contributed by atoms with Crippen molar-refractivity contribution in [2.45, 2.75) is 6.10 Å². The minimum Gasteiger partial charge on any atom is -0.393 e. The fraction of sp³-hybridized carbons (Fsp3) is 0.286. The van der Waals surface area contributed by atoms with Crippen LogP contribution in [0.1, 0.15) is 0 Å². The van der Waals surface area contributed by atoms with E-state index in [9.17, 15) is 14.4 Å². The van der Waals surface area contributed by atoms with E-state index in [0.717, 1.165) is 6.20 Å². The third kappa shape index (κ3) is 2.76. The fourth-order valence-corrected chi connectivity index (χ4v) is 0.802. The van der Waals surface area contributed by atoms with E-state index in [1.54, 1.807) is 0 Å². The second-order valence-corrected chi connectivity index (χ2v) is 2.67. The summed E-state index contributed by atoms with van der Waals surface area (Å²) in [6.07, 6.45) is -0.625. The number of amides is 1. The highest BCUT2D eigenvalue weighted by atomic mass is 16.3. The lowest BCUT2D eigenvalue weighted by atomic mass is 10.3. The second kappa shape index (κ2) is 4.53. The Hall–Kier alpha value is -1.93. The van der Waals surface area contributed by atoms with Crippen molar-refractivity contribution in [1.29, 1.82) is 0 Å². The van der Waals surface area contributed by atoms with Crippen LogP contribution in [0.4, 0.5) is 5.69 Å². The Morgan fingerprint density at radius 3 is 2.73 bits per heavy atom. The number of rotatable bonds is 3. The summed E-state index contributed by atoms with van der Waals surface area (Å²) in [7, 11) is 0. The third-order valence-electron chi connectivity index (χ3n) is 1.55. The fourth-order valence-electron chi connectivity index (χ4n) is 0.802. The SMILES string of the molecule is O=C(Nc1c[nH]c(=O)[nH]c1=O)[C@H](O)CO. The minimum atomic E-state index is -1.61. The van der Waals surface area contributed by atoms with E-state index in [4.69, 9.17) is 10.2 Å². The van der Waals surface area contributed by atoms with Gasteiger partial charge in [-0.25, -0.2) is 4.79 Å². The van der Waals surface area contributed by atoms with Crippen LogP contribution in [-0.4, -0.2) is 38.8 Å². The summed E-state index contributed by atoms with van der Waals surface area (Å²) in [5.74, 6) is -0.935. The number of nitrogens with one attached hydrogen (secondary N) is 3. The van der Waals surface area contributed by atoms with Crippen LogP contribution in [0.15, 0.2) is 15.8 Å².